The summed E-state index contributed by atoms with van der Waals surface area (Å²) >= 11 is 0. The van der Waals surface area contributed by atoms with Gasteiger partial charge >= 0.3 is 0 Å². The molecular formula is C22H25NO3. The number of ether oxygens (including phenoxy) is 2. The minimum Gasteiger partial charge on any atom is -0.454 e. The lowest BCUT2D eigenvalue weighted by Crippen LogP contribution is -2.24. The standard InChI is InChI=1S/C22H25NO3/c1-22(2,3)18-9-5-16(6-10-18)8-12-21(24)23(4)14-17-7-11-19-20(13-17)26-15-25-19/h5-13H,14-15H2,1-4H3/b12-8+. The number of likely N-dealkylation sites (N-methyl/N-ethyl adjacent to an activating group) is 1. The van der Waals surface area contributed by atoms with E-state index in [0.29, 0.717) is 6.54 Å². The zero-order chi connectivity index (χ0) is 18.7. The Kier molecular flexibility index (Phi) is 5.03. The Balaban J connectivity index is 1.61. The molecule has 3 rings (SSSR count). The molecule has 4 nitrogen and oxygen atoms in total. The summed E-state index contributed by atoms with van der Waals surface area (Å²) in [7, 11) is 1.79. The molecule has 1 aliphatic rings. The highest BCUT2D eigenvalue weighted by Gasteiger charge is 2.15. The van der Waals surface area contributed by atoms with E-state index in [0.717, 1.165) is 22.6 Å². The molecule has 1 aliphatic heterocycles. The number of nitrogens with zero attached hydrogens (tertiary/aromatic N) is 1. The Labute approximate surface area is 155 Å². The van der Waals surface area contributed by atoms with Crippen molar-refractivity contribution in [1.82, 2.24) is 4.90 Å². The SMILES string of the molecule is CN(Cc1ccc2c(c1)OCO2)C(=O)/C=C/c1ccc(C(C)(C)C)cc1. The van der Waals surface area contributed by atoms with Crippen LogP contribution < -0.4 is 9.47 Å². The Morgan fingerprint density at radius 3 is 2.46 bits per heavy atom. The Morgan fingerprint density at radius 2 is 1.77 bits per heavy atom. The minimum absolute atomic E-state index is 0.0393. The molecule has 0 aromatic heterocycles. The Bertz CT molecular complexity index is 816. The normalized spacial score (nSPS) is 13.2. The van der Waals surface area contributed by atoms with Gasteiger partial charge in [-0.15, -0.1) is 0 Å². The van der Waals surface area contributed by atoms with Gasteiger partial charge in [0.05, 0.1) is 0 Å². The Hall–Kier alpha value is -2.75. The summed E-state index contributed by atoms with van der Waals surface area (Å²) in [6.45, 7) is 7.33. The van der Waals surface area contributed by atoms with Crippen molar-refractivity contribution in [2.75, 3.05) is 13.8 Å². The van der Waals surface area contributed by atoms with Crippen molar-refractivity contribution in [2.24, 2.45) is 0 Å². The molecule has 0 atom stereocenters. The number of amides is 1. The van der Waals surface area contributed by atoms with Crippen LogP contribution in [-0.2, 0) is 16.8 Å². The first-order valence-electron chi connectivity index (χ1n) is 8.75. The monoisotopic (exact) mass is 351 g/mol. The van der Waals surface area contributed by atoms with Crippen LogP contribution in [0.25, 0.3) is 6.08 Å². The summed E-state index contributed by atoms with van der Waals surface area (Å²) in [5.74, 6) is 1.45. The van der Waals surface area contributed by atoms with Crippen LogP contribution in [0.2, 0.25) is 0 Å². The van der Waals surface area contributed by atoms with E-state index in [-0.39, 0.29) is 18.1 Å². The number of carbonyl (C=O) groups excluding carboxylic acids is 1. The van der Waals surface area contributed by atoms with Crippen molar-refractivity contribution >= 4 is 12.0 Å². The molecule has 4 heteroatoms. The molecule has 1 heterocycles. The lowest BCUT2D eigenvalue weighted by atomic mass is 9.87. The van der Waals surface area contributed by atoms with Crippen molar-refractivity contribution in [3.63, 3.8) is 0 Å². The van der Waals surface area contributed by atoms with Crippen molar-refractivity contribution in [1.29, 1.82) is 0 Å². The first-order chi connectivity index (χ1) is 12.3. The molecule has 0 saturated heterocycles. The van der Waals surface area contributed by atoms with Gasteiger partial charge < -0.3 is 14.4 Å². The van der Waals surface area contributed by atoms with Crippen LogP contribution in [0.5, 0.6) is 11.5 Å². The van der Waals surface area contributed by atoms with E-state index in [4.69, 9.17) is 9.47 Å². The number of hydrogen-bond acceptors (Lipinski definition) is 3. The van der Waals surface area contributed by atoms with E-state index < -0.39 is 0 Å². The maximum absolute atomic E-state index is 12.4. The van der Waals surface area contributed by atoms with Crippen molar-refractivity contribution < 1.29 is 14.3 Å². The molecule has 1 amide bonds. The summed E-state index contributed by atoms with van der Waals surface area (Å²) in [5, 5.41) is 0. The number of benzene rings is 2. The average Bonchev–Trinajstić information content (AvgIpc) is 3.07. The van der Waals surface area contributed by atoms with Gasteiger partial charge in [0.2, 0.25) is 12.7 Å². The second-order valence-corrected chi connectivity index (χ2v) is 7.59. The van der Waals surface area contributed by atoms with E-state index in [1.165, 1.54) is 5.56 Å². The van der Waals surface area contributed by atoms with Gasteiger partial charge in [-0.25, -0.2) is 0 Å². The van der Waals surface area contributed by atoms with E-state index >= 15 is 0 Å². The molecule has 136 valence electrons. The zero-order valence-corrected chi connectivity index (χ0v) is 15.8. The molecule has 0 spiro atoms. The van der Waals surface area contributed by atoms with Crippen molar-refractivity contribution in [2.45, 2.75) is 32.7 Å². The third-order valence-electron chi connectivity index (χ3n) is 4.43. The molecule has 0 radical (unpaired) electrons. The van der Waals surface area contributed by atoms with Crippen molar-refractivity contribution in [3.05, 3.63) is 65.2 Å². The molecular weight excluding hydrogens is 326 g/mol. The summed E-state index contributed by atoms with van der Waals surface area (Å²) in [5.41, 5.74) is 3.43. The second-order valence-electron chi connectivity index (χ2n) is 7.59. The molecule has 26 heavy (non-hydrogen) atoms. The fourth-order valence-electron chi connectivity index (χ4n) is 2.78. The van der Waals surface area contributed by atoms with Crippen LogP contribution in [0, 0.1) is 0 Å². The fourth-order valence-corrected chi connectivity index (χ4v) is 2.78. The van der Waals surface area contributed by atoms with E-state index in [9.17, 15) is 4.79 Å². The van der Waals surface area contributed by atoms with Gasteiger partial charge in [0.15, 0.2) is 11.5 Å². The number of rotatable bonds is 4. The molecule has 2 aromatic carbocycles. The number of fused-ring (bicyclic) bond motifs is 1. The van der Waals surface area contributed by atoms with Crippen LogP contribution in [0.4, 0.5) is 0 Å². The van der Waals surface area contributed by atoms with Gasteiger partial charge in [-0.1, -0.05) is 51.1 Å². The van der Waals surface area contributed by atoms with Crippen LogP contribution in [0.3, 0.4) is 0 Å². The van der Waals surface area contributed by atoms with Gasteiger partial charge in [-0.05, 0) is 40.3 Å². The Morgan fingerprint density at radius 1 is 1.08 bits per heavy atom. The molecule has 2 aromatic rings. The van der Waals surface area contributed by atoms with Gasteiger partial charge in [0.1, 0.15) is 0 Å². The average molecular weight is 351 g/mol. The zero-order valence-electron chi connectivity index (χ0n) is 15.8. The predicted molar refractivity (Wildman–Crippen MR) is 103 cm³/mol. The highest BCUT2D eigenvalue weighted by atomic mass is 16.7. The summed E-state index contributed by atoms with van der Waals surface area (Å²) in [4.78, 5) is 14.0. The molecule has 0 saturated carbocycles. The first kappa shape index (κ1) is 18.1. The summed E-state index contributed by atoms with van der Waals surface area (Å²) < 4.78 is 10.7. The minimum atomic E-state index is -0.0393. The first-order valence-corrected chi connectivity index (χ1v) is 8.75. The van der Waals surface area contributed by atoms with Gasteiger partial charge in [-0.2, -0.15) is 0 Å². The number of hydrogen-bond donors (Lipinski definition) is 0. The third-order valence-corrected chi connectivity index (χ3v) is 4.43. The quantitative estimate of drug-likeness (QED) is 0.767. The molecule has 0 fully saturated rings. The lowest BCUT2D eigenvalue weighted by Gasteiger charge is -2.18. The third kappa shape index (κ3) is 4.26. The van der Waals surface area contributed by atoms with Gasteiger partial charge in [-0.3, -0.25) is 4.79 Å². The summed E-state index contributed by atoms with van der Waals surface area (Å²) in [6.07, 6.45) is 3.46. The largest absolute Gasteiger partial charge is 0.454 e. The van der Waals surface area contributed by atoms with Crippen LogP contribution in [0.15, 0.2) is 48.5 Å². The van der Waals surface area contributed by atoms with E-state index in [2.05, 4.69) is 32.9 Å². The molecule has 0 N–H and O–H groups in total. The summed E-state index contributed by atoms with van der Waals surface area (Å²) in [6, 6.07) is 14.1. The molecule has 0 unspecified atom stereocenters. The van der Waals surface area contributed by atoms with Crippen molar-refractivity contribution in [3.8, 4) is 11.5 Å². The van der Waals surface area contributed by atoms with Crippen LogP contribution in [0.1, 0.15) is 37.5 Å². The van der Waals surface area contributed by atoms with Crippen LogP contribution in [-0.4, -0.2) is 24.6 Å². The highest BCUT2D eigenvalue weighted by Crippen LogP contribution is 2.32. The van der Waals surface area contributed by atoms with Gasteiger partial charge in [0, 0.05) is 19.7 Å². The van der Waals surface area contributed by atoms with Gasteiger partial charge in [0.25, 0.3) is 0 Å². The fraction of sp³-hybridized carbons (Fsp3) is 0.318. The highest BCUT2D eigenvalue weighted by molar-refractivity contribution is 5.91. The smallest absolute Gasteiger partial charge is 0.246 e. The number of carbonyl (C=O) groups is 1. The van der Waals surface area contributed by atoms with E-state index in [1.54, 1.807) is 18.0 Å². The maximum atomic E-state index is 12.4. The maximum Gasteiger partial charge on any atom is 0.246 e. The second kappa shape index (κ2) is 7.24. The topological polar surface area (TPSA) is 38.8 Å². The molecule has 0 bridgehead atoms. The van der Waals surface area contributed by atoms with Crippen LogP contribution >= 0.6 is 0 Å². The predicted octanol–water partition coefficient (Wildman–Crippen LogP) is 4.38. The molecule has 0 aliphatic carbocycles. The van der Waals surface area contributed by atoms with E-state index in [1.807, 2.05) is 36.4 Å². The lowest BCUT2D eigenvalue weighted by molar-refractivity contribution is -0.125.